The first-order valence-corrected chi connectivity index (χ1v) is 10.5. The lowest BCUT2D eigenvalue weighted by molar-refractivity contribution is -0.151. The third-order valence-corrected chi connectivity index (χ3v) is 5.38. The third-order valence-electron chi connectivity index (χ3n) is 5.38. The van der Waals surface area contributed by atoms with Crippen LogP contribution in [0.25, 0.3) is 10.8 Å². The van der Waals surface area contributed by atoms with Crippen molar-refractivity contribution in [2.75, 3.05) is 18.5 Å². The molecule has 1 fully saturated rings. The van der Waals surface area contributed by atoms with Gasteiger partial charge in [-0.25, -0.2) is 0 Å². The van der Waals surface area contributed by atoms with Gasteiger partial charge in [0.15, 0.2) is 6.61 Å². The molecule has 3 aromatic rings. The van der Waals surface area contributed by atoms with Crippen LogP contribution in [0.1, 0.15) is 22.3 Å². The van der Waals surface area contributed by atoms with Gasteiger partial charge in [-0.1, -0.05) is 54.1 Å². The number of benzene rings is 3. The molecule has 0 bridgehead atoms. The Kier molecular flexibility index (Phi) is 6.35. The quantitative estimate of drug-likeness (QED) is 0.568. The van der Waals surface area contributed by atoms with E-state index in [1.54, 1.807) is 24.3 Å². The molecule has 8 nitrogen and oxygen atoms in total. The zero-order valence-electron chi connectivity index (χ0n) is 18.0. The largest absolute Gasteiger partial charge is 0.455 e. The minimum Gasteiger partial charge on any atom is -0.455 e. The molecule has 3 aromatic carbocycles. The van der Waals surface area contributed by atoms with Crippen LogP contribution in [-0.2, 0) is 19.1 Å². The Balaban J connectivity index is 1.29. The highest BCUT2D eigenvalue weighted by Crippen LogP contribution is 2.23. The normalized spacial score (nSPS) is 15.4. The average Bonchev–Trinajstić information content (AvgIpc) is 3.18. The Hall–Kier alpha value is -4.20. The minimum atomic E-state index is -0.763. The fraction of sp³-hybridized carbons (Fsp3) is 0.200. The molecule has 4 rings (SSSR count). The number of rotatable bonds is 6. The van der Waals surface area contributed by atoms with Gasteiger partial charge < -0.3 is 10.1 Å². The molecule has 1 aliphatic heterocycles. The predicted octanol–water partition coefficient (Wildman–Crippen LogP) is 2.82. The van der Waals surface area contributed by atoms with E-state index in [1.807, 2.05) is 49.4 Å². The summed E-state index contributed by atoms with van der Waals surface area (Å²) in [6.07, 6.45) is -0.0993. The van der Waals surface area contributed by atoms with Gasteiger partial charge in [0.05, 0.1) is 12.5 Å². The second-order valence-electron chi connectivity index (χ2n) is 7.90. The number of carbonyl (C=O) groups is 4. The van der Waals surface area contributed by atoms with Crippen LogP contribution in [0.2, 0.25) is 0 Å². The lowest BCUT2D eigenvalue weighted by atomic mass is 10.1. The fourth-order valence-corrected chi connectivity index (χ4v) is 3.72. The number of anilines is 1. The number of amides is 3. The molecule has 33 heavy (non-hydrogen) atoms. The number of esters is 1. The van der Waals surface area contributed by atoms with Gasteiger partial charge >= 0.3 is 5.97 Å². The van der Waals surface area contributed by atoms with E-state index >= 15 is 0 Å². The summed E-state index contributed by atoms with van der Waals surface area (Å²) in [7, 11) is 0. The highest BCUT2D eigenvalue weighted by Gasteiger charge is 2.36. The number of aryl methyl sites for hydroxylation is 1. The molecule has 0 spiro atoms. The van der Waals surface area contributed by atoms with Crippen LogP contribution < -0.4 is 10.7 Å². The van der Waals surface area contributed by atoms with Gasteiger partial charge in [0, 0.05) is 23.1 Å². The van der Waals surface area contributed by atoms with Crippen molar-refractivity contribution in [3.8, 4) is 0 Å². The van der Waals surface area contributed by atoms with Crippen molar-refractivity contribution in [1.82, 2.24) is 10.4 Å². The summed E-state index contributed by atoms with van der Waals surface area (Å²) in [6.45, 7) is 1.38. The number of nitrogens with zero attached hydrogens (tertiary/aromatic N) is 1. The second kappa shape index (κ2) is 9.52. The van der Waals surface area contributed by atoms with E-state index < -0.39 is 36.2 Å². The Morgan fingerprint density at radius 2 is 1.79 bits per heavy atom. The molecule has 8 heteroatoms. The maximum atomic E-state index is 12.4. The van der Waals surface area contributed by atoms with Crippen LogP contribution in [0.4, 0.5) is 5.69 Å². The number of hydrogen-bond acceptors (Lipinski definition) is 5. The van der Waals surface area contributed by atoms with E-state index in [9.17, 15) is 19.2 Å². The topological polar surface area (TPSA) is 105 Å². The molecule has 1 aliphatic rings. The molecule has 0 aromatic heterocycles. The number of hydrazine groups is 1. The van der Waals surface area contributed by atoms with E-state index in [0.29, 0.717) is 11.3 Å². The molecule has 0 aliphatic carbocycles. The number of nitrogens with one attached hydrogen (secondary N) is 2. The predicted molar refractivity (Wildman–Crippen MR) is 122 cm³/mol. The van der Waals surface area contributed by atoms with Crippen LogP contribution in [0.15, 0.2) is 66.7 Å². The van der Waals surface area contributed by atoms with Crippen molar-refractivity contribution in [3.63, 3.8) is 0 Å². The third kappa shape index (κ3) is 5.17. The van der Waals surface area contributed by atoms with Crippen molar-refractivity contribution in [2.45, 2.75) is 13.3 Å². The maximum absolute atomic E-state index is 12.4. The van der Waals surface area contributed by atoms with Gasteiger partial charge in [-0.15, -0.1) is 0 Å². The summed E-state index contributed by atoms with van der Waals surface area (Å²) in [5, 5.41) is 5.72. The minimum absolute atomic E-state index is 0.0137. The maximum Gasteiger partial charge on any atom is 0.311 e. The summed E-state index contributed by atoms with van der Waals surface area (Å²) in [4.78, 5) is 49.4. The first kappa shape index (κ1) is 22.0. The highest BCUT2D eigenvalue weighted by atomic mass is 16.5. The van der Waals surface area contributed by atoms with Crippen LogP contribution in [0.5, 0.6) is 0 Å². The van der Waals surface area contributed by atoms with E-state index in [0.717, 1.165) is 21.3 Å². The highest BCUT2D eigenvalue weighted by molar-refractivity contribution is 6.03. The number of fused-ring (bicyclic) bond motifs is 1. The molecular formula is C25H23N3O5. The monoisotopic (exact) mass is 445 g/mol. The Labute approximate surface area is 190 Å². The summed E-state index contributed by atoms with van der Waals surface area (Å²) in [5.41, 5.74) is 4.48. The van der Waals surface area contributed by atoms with Gasteiger partial charge in [0.1, 0.15) is 0 Å². The van der Waals surface area contributed by atoms with Crippen LogP contribution in [-0.4, -0.2) is 41.9 Å². The molecule has 0 saturated carbocycles. The van der Waals surface area contributed by atoms with Gasteiger partial charge in [-0.3, -0.25) is 29.6 Å². The smallest absolute Gasteiger partial charge is 0.311 e. The Morgan fingerprint density at radius 1 is 1.03 bits per heavy atom. The molecule has 168 valence electrons. The van der Waals surface area contributed by atoms with Crippen molar-refractivity contribution >= 4 is 40.2 Å². The zero-order valence-corrected chi connectivity index (χ0v) is 18.0. The van der Waals surface area contributed by atoms with Crippen molar-refractivity contribution in [2.24, 2.45) is 5.92 Å². The fourth-order valence-electron chi connectivity index (χ4n) is 3.72. The number of ether oxygens (including phenoxy) is 1. The molecule has 0 unspecified atom stereocenters. The van der Waals surface area contributed by atoms with E-state index in [1.165, 1.54) is 0 Å². The summed E-state index contributed by atoms with van der Waals surface area (Å²) in [5.74, 6) is -2.73. The van der Waals surface area contributed by atoms with Gasteiger partial charge in [-0.05, 0) is 30.5 Å². The van der Waals surface area contributed by atoms with Gasteiger partial charge in [0.25, 0.3) is 11.8 Å². The SMILES string of the molecule is Cc1cccc(C(=O)NN2C[C@H](C(=O)OCC(=O)Nc3cccc4ccccc34)CC2=O)c1. The number of hydrogen-bond donors (Lipinski definition) is 2. The number of carbonyl (C=O) groups excluding carboxylic acids is 4. The second-order valence-corrected chi connectivity index (χ2v) is 7.90. The van der Waals surface area contributed by atoms with E-state index in [4.69, 9.17) is 4.74 Å². The molecule has 1 atom stereocenters. The summed E-state index contributed by atoms with van der Waals surface area (Å²) in [6, 6.07) is 20.1. The van der Waals surface area contributed by atoms with Crippen molar-refractivity contribution < 1.29 is 23.9 Å². The van der Waals surface area contributed by atoms with Crippen molar-refractivity contribution in [3.05, 3.63) is 77.9 Å². The summed E-state index contributed by atoms with van der Waals surface area (Å²) < 4.78 is 5.13. The van der Waals surface area contributed by atoms with E-state index in [-0.39, 0.29) is 13.0 Å². The first-order chi connectivity index (χ1) is 15.9. The van der Waals surface area contributed by atoms with Crippen LogP contribution in [0.3, 0.4) is 0 Å². The Bertz CT molecular complexity index is 1230. The lowest BCUT2D eigenvalue weighted by Crippen LogP contribution is -2.43. The molecule has 2 N–H and O–H groups in total. The lowest BCUT2D eigenvalue weighted by Gasteiger charge is -2.17. The molecule has 1 saturated heterocycles. The standard InChI is InChI=1S/C25H23N3O5/c1-16-6-4-9-18(12-16)24(31)27-28-14-19(13-23(28)30)25(32)33-15-22(29)26-21-11-5-8-17-7-2-3-10-20(17)21/h2-12,19H,13-15H2,1H3,(H,26,29)(H,27,31)/t19-/m1/s1. The van der Waals surface area contributed by atoms with Crippen LogP contribution in [0, 0.1) is 12.8 Å². The molecule has 1 heterocycles. The molecule has 0 radical (unpaired) electrons. The van der Waals surface area contributed by atoms with Crippen LogP contribution >= 0.6 is 0 Å². The molecule has 3 amide bonds. The average molecular weight is 445 g/mol. The molecular weight excluding hydrogens is 422 g/mol. The Morgan fingerprint density at radius 3 is 2.61 bits per heavy atom. The van der Waals surface area contributed by atoms with E-state index in [2.05, 4.69) is 10.7 Å². The van der Waals surface area contributed by atoms with Gasteiger partial charge in [0.2, 0.25) is 5.91 Å². The van der Waals surface area contributed by atoms with Gasteiger partial charge in [-0.2, -0.15) is 0 Å². The van der Waals surface area contributed by atoms with Crippen molar-refractivity contribution in [1.29, 1.82) is 0 Å². The summed E-state index contributed by atoms with van der Waals surface area (Å²) >= 11 is 0. The zero-order chi connectivity index (χ0) is 23.4. The first-order valence-electron chi connectivity index (χ1n) is 10.5.